The fourth-order valence-electron chi connectivity index (χ4n) is 3.08. The highest BCUT2D eigenvalue weighted by Crippen LogP contribution is 2.14. The Hall–Kier alpha value is -1.86. The Balaban J connectivity index is 1.79. The maximum atomic E-state index is 5.89. The standard InChI is InChI=1S/C20H35N5O2/c1-5-10-27-19-17(7-6-8-22-19)12-23-20(21-4)24-13-18-15-25(9-11-26-18)14-16(2)3/h6-8,16,18H,5,9-15H2,1-4H3,(H2,21,23,24). The van der Waals surface area contributed by atoms with Gasteiger partial charge in [0.05, 0.1) is 19.3 Å². The predicted molar refractivity (Wildman–Crippen MR) is 109 cm³/mol. The van der Waals surface area contributed by atoms with Crippen LogP contribution in [0.1, 0.15) is 32.8 Å². The maximum absolute atomic E-state index is 5.89. The lowest BCUT2D eigenvalue weighted by atomic mass is 10.2. The van der Waals surface area contributed by atoms with E-state index in [-0.39, 0.29) is 6.10 Å². The monoisotopic (exact) mass is 377 g/mol. The number of rotatable bonds is 9. The van der Waals surface area contributed by atoms with Gasteiger partial charge >= 0.3 is 0 Å². The average Bonchev–Trinajstić information content (AvgIpc) is 2.67. The van der Waals surface area contributed by atoms with Gasteiger partial charge in [0.2, 0.25) is 5.88 Å². The van der Waals surface area contributed by atoms with Crippen molar-refractivity contribution in [3.05, 3.63) is 23.9 Å². The Morgan fingerprint density at radius 2 is 2.30 bits per heavy atom. The van der Waals surface area contributed by atoms with Gasteiger partial charge in [-0.25, -0.2) is 4.98 Å². The van der Waals surface area contributed by atoms with Gasteiger partial charge in [0.1, 0.15) is 0 Å². The first-order chi connectivity index (χ1) is 13.1. The van der Waals surface area contributed by atoms with Gasteiger partial charge in [-0.05, 0) is 18.4 Å². The Morgan fingerprint density at radius 3 is 3.04 bits per heavy atom. The third kappa shape index (κ3) is 7.72. The molecule has 0 radical (unpaired) electrons. The highest BCUT2D eigenvalue weighted by molar-refractivity contribution is 5.79. The quantitative estimate of drug-likeness (QED) is 0.506. The van der Waals surface area contributed by atoms with Crippen molar-refractivity contribution in [1.29, 1.82) is 0 Å². The molecule has 1 aromatic rings. The van der Waals surface area contributed by atoms with Gasteiger partial charge in [-0.2, -0.15) is 0 Å². The molecule has 2 heterocycles. The van der Waals surface area contributed by atoms with E-state index in [0.717, 1.165) is 50.7 Å². The number of aromatic nitrogens is 1. The van der Waals surface area contributed by atoms with Crippen molar-refractivity contribution in [2.45, 2.75) is 39.8 Å². The van der Waals surface area contributed by atoms with Crippen molar-refractivity contribution in [3.63, 3.8) is 0 Å². The van der Waals surface area contributed by atoms with Crippen LogP contribution >= 0.6 is 0 Å². The molecule has 0 bridgehead atoms. The minimum Gasteiger partial charge on any atom is -0.477 e. The highest BCUT2D eigenvalue weighted by Gasteiger charge is 2.21. The van der Waals surface area contributed by atoms with E-state index in [9.17, 15) is 0 Å². The molecule has 27 heavy (non-hydrogen) atoms. The Labute approximate surface area is 163 Å². The van der Waals surface area contributed by atoms with Gasteiger partial charge in [-0.15, -0.1) is 0 Å². The van der Waals surface area contributed by atoms with Crippen LogP contribution < -0.4 is 15.4 Å². The fraction of sp³-hybridized carbons (Fsp3) is 0.700. The van der Waals surface area contributed by atoms with E-state index in [4.69, 9.17) is 9.47 Å². The molecule has 0 saturated carbocycles. The molecule has 1 atom stereocenters. The largest absolute Gasteiger partial charge is 0.477 e. The van der Waals surface area contributed by atoms with Crippen LogP contribution in [0.4, 0.5) is 0 Å². The molecule has 152 valence electrons. The minimum absolute atomic E-state index is 0.179. The molecular weight excluding hydrogens is 342 g/mol. The summed E-state index contributed by atoms with van der Waals surface area (Å²) in [5.41, 5.74) is 1.02. The van der Waals surface area contributed by atoms with Crippen LogP contribution in [-0.2, 0) is 11.3 Å². The number of nitrogens with zero attached hydrogens (tertiary/aromatic N) is 3. The summed E-state index contributed by atoms with van der Waals surface area (Å²) in [6.07, 6.45) is 2.89. The summed E-state index contributed by atoms with van der Waals surface area (Å²) in [6.45, 7) is 12.5. The molecular formula is C20H35N5O2. The summed E-state index contributed by atoms with van der Waals surface area (Å²) in [6, 6.07) is 3.94. The zero-order valence-corrected chi connectivity index (χ0v) is 17.2. The summed E-state index contributed by atoms with van der Waals surface area (Å²) in [5, 5.41) is 6.71. The van der Waals surface area contributed by atoms with Gasteiger partial charge in [-0.3, -0.25) is 9.89 Å². The number of ether oxygens (including phenoxy) is 2. The van der Waals surface area contributed by atoms with Gasteiger partial charge in [-0.1, -0.05) is 26.8 Å². The number of guanidine groups is 1. The van der Waals surface area contributed by atoms with E-state index >= 15 is 0 Å². The van der Waals surface area contributed by atoms with Crippen LogP contribution in [0.25, 0.3) is 0 Å². The zero-order chi connectivity index (χ0) is 19.5. The number of hydrogen-bond donors (Lipinski definition) is 2. The van der Waals surface area contributed by atoms with Crippen LogP contribution in [0.15, 0.2) is 23.3 Å². The smallest absolute Gasteiger partial charge is 0.218 e. The van der Waals surface area contributed by atoms with Crippen molar-refractivity contribution in [3.8, 4) is 5.88 Å². The fourth-order valence-corrected chi connectivity index (χ4v) is 3.08. The van der Waals surface area contributed by atoms with Gasteiger partial charge < -0.3 is 20.1 Å². The Morgan fingerprint density at radius 1 is 1.44 bits per heavy atom. The number of morpholine rings is 1. The van der Waals surface area contributed by atoms with E-state index in [0.29, 0.717) is 24.9 Å². The molecule has 2 rings (SSSR count). The first-order valence-electron chi connectivity index (χ1n) is 9.97. The first-order valence-corrected chi connectivity index (χ1v) is 9.97. The summed E-state index contributed by atoms with van der Waals surface area (Å²) in [5.74, 6) is 2.11. The number of nitrogens with one attached hydrogen (secondary N) is 2. The van der Waals surface area contributed by atoms with E-state index < -0.39 is 0 Å². The third-order valence-electron chi connectivity index (χ3n) is 4.31. The third-order valence-corrected chi connectivity index (χ3v) is 4.31. The highest BCUT2D eigenvalue weighted by atomic mass is 16.5. The number of hydrogen-bond acceptors (Lipinski definition) is 5. The summed E-state index contributed by atoms with van der Waals surface area (Å²) < 4.78 is 11.6. The van der Waals surface area contributed by atoms with Crippen LogP contribution in [0.3, 0.4) is 0 Å². The van der Waals surface area contributed by atoms with E-state index in [2.05, 4.69) is 46.3 Å². The van der Waals surface area contributed by atoms with Crippen LogP contribution in [0, 0.1) is 5.92 Å². The predicted octanol–water partition coefficient (Wildman–Crippen LogP) is 1.89. The summed E-state index contributed by atoms with van der Waals surface area (Å²) in [7, 11) is 1.78. The Bertz CT molecular complexity index is 579. The summed E-state index contributed by atoms with van der Waals surface area (Å²) >= 11 is 0. The van der Waals surface area contributed by atoms with Crippen molar-refractivity contribution >= 4 is 5.96 Å². The first kappa shape index (κ1) is 21.4. The molecule has 0 aromatic carbocycles. The number of aliphatic imine (C=N–C) groups is 1. The van der Waals surface area contributed by atoms with Gasteiger partial charge in [0.25, 0.3) is 0 Å². The second-order valence-corrected chi connectivity index (χ2v) is 7.27. The van der Waals surface area contributed by atoms with Crippen LogP contribution in [0.5, 0.6) is 5.88 Å². The SMILES string of the molecule is CCCOc1ncccc1CNC(=NC)NCC1CN(CC(C)C)CCO1. The molecule has 7 nitrogen and oxygen atoms in total. The van der Waals surface area contributed by atoms with Crippen molar-refractivity contribution in [1.82, 2.24) is 20.5 Å². The molecule has 1 aliphatic heterocycles. The lowest BCUT2D eigenvalue weighted by Crippen LogP contribution is -2.50. The number of pyridine rings is 1. The molecule has 1 fully saturated rings. The second-order valence-electron chi connectivity index (χ2n) is 7.27. The molecule has 2 N–H and O–H groups in total. The summed E-state index contributed by atoms with van der Waals surface area (Å²) in [4.78, 5) is 11.1. The average molecular weight is 378 g/mol. The Kier molecular flexibility index (Phi) is 9.35. The lowest BCUT2D eigenvalue weighted by Gasteiger charge is -2.34. The molecule has 1 aromatic heterocycles. The normalized spacial score (nSPS) is 18.6. The molecule has 7 heteroatoms. The van der Waals surface area contributed by atoms with E-state index in [1.165, 1.54) is 0 Å². The molecule has 0 amide bonds. The minimum atomic E-state index is 0.179. The maximum Gasteiger partial charge on any atom is 0.218 e. The zero-order valence-electron chi connectivity index (χ0n) is 17.2. The second kappa shape index (κ2) is 11.8. The lowest BCUT2D eigenvalue weighted by molar-refractivity contribution is -0.0284. The van der Waals surface area contributed by atoms with Crippen LogP contribution in [0.2, 0.25) is 0 Å². The van der Waals surface area contributed by atoms with Crippen LogP contribution in [-0.4, -0.2) is 68.4 Å². The van der Waals surface area contributed by atoms with Gasteiger partial charge in [0, 0.05) is 51.5 Å². The molecule has 0 aliphatic carbocycles. The van der Waals surface area contributed by atoms with Crippen molar-refractivity contribution in [2.24, 2.45) is 10.9 Å². The van der Waals surface area contributed by atoms with E-state index in [1.807, 2.05) is 12.1 Å². The molecule has 1 aliphatic rings. The topological polar surface area (TPSA) is 71.0 Å². The molecule has 1 saturated heterocycles. The van der Waals surface area contributed by atoms with Gasteiger partial charge in [0.15, 0.2) is 5.96 Å². The molecule has 0 spiro atoms. The van der Waals surface area contributed by atoms with Crippen molar-refractivity contribution < 1.29 is 9.47 Å². The van der Waals surface area contributed by atoms with E-state index in [1.54, 1.807) is 13.2 Å². The molecule has 1 unspecified atom stereocenters. The van der Waals surface area contributed by atoms with Crippen molar-refractivity contribution in [2.75, 3.05) is 46.4 Å².